The molecule has 0 spiro atoms. The summed E-state index contributed by atoms with van der Waals surface area (Å²) in [5, 5.41) is 3.15. The fourth-order valence-electron chi connectivity index (χ4n) is 4.95. The molecule has 6 heteroatoms. The average Bonchev–Trinajstić information content (AvgIpc) is 3.25. The zero-order chi connectivity index (χ0) is 21.6. The molecule has 166 valence electrons. The van der Waals surface area contributed by atoms with Gasteiger partial charge in [-0.25, -0.2) is 0 Å². The summed E-state index contributed by atoms with van der Waals surface area (Å²) in [4.78, 5) is 29.9. The molecule has 2 fully saturated rings. The van der Waals surface area contributed by atoms with E-state index >= 15 is 0 Å². The topological polar surface area (TPSA) is 57.6 Å². The zero-order valence-electron chi connectivity index (χ0n) is 18.5. The molecule has 1 aromatic heterocycles. The summed E-state index contributed by atoms with van der Waals surface area (Å²) in [5.74, 6) is 0.393. The number of benzene rings is 1. The number of aryl methyl sites for hydroxylation is 1. The Labute approximate surface area is 185 Å². The number of amides is 2. The maximum absolute atomic E-state index is 12.7. The number of piperidine rings is 2. The van der Waals surface area contributed by atoms with E-state index < -0.39 is 0 Å². The molecule has 0 bridgehead atoms. The highest BCUT2D eigenvalue weighted by atomic mass is 16.2. The molecule has 1 atom stereocenters. The van der Waals surface area contributed by atoms with Crippen molar-refractivity contribution >= 4 is 11.8 Å². The van der Waals surface area contributed by atoms with Crippen molar-refractivity contribution in [3.05, 3.63) is 59.9 Å². The highest BCUT2D eigenvalue weighted by Crippen LogP contribution is 2.25. The van der Waals surface area contributed by atoms with E-state index in [1.54, 1.807) is 0 Å². The smallest absolute Gasteiger partial charge is 0.270 e. The van der Waals surface area contributed by atoms with Crippen molar-refractivity contribution in [1.29, 1.82) is 0 Å². The van der Waals surface area contributed by atoms with Crippen LogP contribution < -0.4 is 5.32 Å². The van der Waals surface area contributed by atoms with Gasteiger partial charge in [-0.15, -0.1) is 0 Å². The predicted octanol–water partition coefficient (Wildman–Crippen LogP) is 2.70. The Morgan fingerprint density at radius 3 is 2.48 bits per heavy atom. The number of hydrogen-bond acceptors (Lipinski definition) is 3. The molecule has 0 saturated carbocycles. The monoisotopic (exact) mass is 422 g/mol. The second kappa shape index (κ2) is 10.1. The summed E-state index contributed by atoms with van der Waals surface area (Å²) in [6, 6.07) is 14.6. The van der Waals surface area contributed by atoms with Gasteiger partial charge in [0.15, 0.2) is 0 Å². The van der Waals surface area contributed by atoms with E-state index in [4.69, 9.17) is 0 Å². The van der Waals surface area contributed by atoms with Crippen LogP contribution in [0.2, 0.25) is 0 Å². The van der Waals surface area contributed by atoms with Gasteiger partial charge in [-0.05, 0) is 56.3 Å². The maximum Gasteiger partial charge on any atom is 0.270 e. The van der Waals surface area contributed by atoms with Crippen LogP contribution in [0.3, 0.4) is 0 Å². The molecule has 4 rings (SSSR count). The van der Waals surface area contributed by atoms with Crippen LogP contribution in [0.25, 0.3) is 0 Å². The molecule has 31 heavy (non-hydrogen) atoms. The van der Waals surface area contributed by atoms with Crippen LogP contribution in [0.15, 0.2) is 48.7 Å². The number of nitrogens with zero attached hydrogens (tertiary/aromatic N) is 3. The highest BCUT2D eigenvalue weighted by molar-refractivity contribution is 5.92. The van der Waals surface area contributed by atoms with Crippen molar-refractivity contribution in [2.45, 2.75) is 38.1 Å². The number of aromatic nitrogens is 1. The molecule has 3 heterocycles. The molecule has 2 aliphatic heterocycles. The number of carbonyl (C=O) groups excluding carboxylic acids is 2. The van der Waals surface area contributed by atoms with E-state index in [0.29, 0.717) is 12.6 Å². The molecular weight excluding hydrogens is 388 g/mol. The Balaban J connectivity index is 1.23. The van der Waals surface area contributed by atoms with Crippen LogP contribution >= 0.6 is 0 Å². The van der Waals surface area contributed by atoms with Crippen LogP contribution in [0, 0.1) is 5.92 Å². The number of likely N-dealkylation sites (tertiary alicyclic amines) is 2. The minimum Gasteiger partial charge on any atom is -0.355 e. The van der Waals surface area contributed by atoms with Crippen LogP contribution in [0.5, 0.6) is 0 Å². The Kier molecular flexibility index (Phi) is 7.07. The fourth-order valence-corrected chi connectivity index (χ4v) is 4.95. The first-order chi connectivity index (χ1) is 15.1. The highest BCUT2D eigenvalue weighted by Gasteiger charge is 2.32. The summed E-state index contributed by atoms with van der Waals surface area (Å²) < 4.78 is 1.89. The maximum atomic E-state index is 12.7. The Morgan fingerprint density at radius 1 is 1.00 bits per heavy atom. The first-order valence-electron chi connectivity index (χ1n) is 11.6. The van der Waals surface area contributed by atoms with E-state index in [1.165, 1.54) is 5.56 Å². The quantitative estimate of drug-likeness (QED) is 0.779. The van der Waals surface area contributed by atoms with Gasteiger partial charge in [0.1, 0.15) is 5.69 Å². The molecule has 2 aromatic rings. The lowest BCUT2D eigenvalue weighted by Crippen LogP contribution is -2.51. The number of rotatable bonds is 6. The van der Waals surface area contributed by atoms with Crippen molar-refractivity contribution in [3.63, 3.8) is 0 Å². The van der Waals surface area contributed by atoms with E-state index in [9.17, 15) is 9.59 Å². The van der Waals surface area contributed by atoms with Gasteiger partial charge in [0, 0.05) is 45.5 Å². The summed E-state index contributed by atoms with van der Waals surface area (Å²) in [6.45, 7) is 4.18. The van der Waals surface area contributed by atoms with Gasteiger partial charge in [-0.2, -0.15) is 0 Å². The normalized spacial score (nSPS) is 20.5. The van der Waals surface area contributed by atoms with Crippen LogP contribution in [0.1, 0.15) is 41.7 Å². The summed E-state index contributed by atoms with van der Waals surface area (Å²) in [6.07, 6.45) is 6.80. The zero-order valence-corrected chi connectivity index (χ0v) is 18.5. The lowest BCUT2D eigenvalue weighted by molar-refractivity contribution is -0.127. The number of carbonyl (C=O) groups is 2. The third-order valence-corrected chi connectivity index (χ3v) is 6.81. The Bertz CT molecular complexity index is 871. The van der Waals surface area contributed by atoms with Crippen LogP contribution in [-0.2, 0) is 18.3 Å². The van der Waals surface area contributed by atoms with Gasteiger partial charge in [-0.3, -0.25) is 14.5 Å². The van der Waals surface area contributed by atoms with E-state index in [1.807, 2.05) is 53.0 Å². The van der Waals surface area contributed by atoms with Gasteiger partial charge < -0.3 is 14.8 Å². The van der Waals surface area contributed by atoms with Crippen LogP contribution in [0.4, 0.5) is 0 Å². The van der Waals surface area contributed by atoms with Crippen molar-refractivity contribution in [2.24, 2.45) is 13.0 Å². The molecule has 0 unspecified atom stereocenters. The van der Waals surface area contributed by atoms with Crippen molar-refractivity contribution < 1.29 is 9.59 Å². The fraction of sp³-hybridized carbons (Fsp3) is 0.520. The molecule has 1 N–H and O–H groups in total. The molecule has 0 radical (unpaired) electrons. The lowest BCUT2D eigenvalue weighted by Gasteiger charge is -2.42. The summed E-state index contributed by atoms with van der Waals surface area (Å²) >= 11 is 0. The minimum absolute atomic E-state index is 0.0764. The molecule has 6 nitrogen and oxygen atoms in total. The third-order valence-electron chi connectivity index (χ3n) is 6.81. The van der Waals surface area contributed by atoms with Crippen molar-refractivity contribution in [2.75, 3.05) is 32.7 Å². The molecule has 0 aliphatic carbocycles. The van der Waals surface area contributed by atoms with Crippen molar-refractivity contribution in [1.82, 2.24) is 19.7 Å². The van der Waals surface area contributed by atoms with Gasteiger partial charge in [-0.1, -0.05) is 30.3 Å². The number of hydrogen-bond donors (Lipinski definition) is 1. The van der Waals surface area contributed by atoms with E-state index in [-0.39, 0.29) is 17.7 Å². The first kappa shape index (κ1) is 21.6. The minimum atomic E-state index is 0.0764. The average molecular weight is 423 g/mol. The SMILES string of the molecule is Cn1cccc1C(=O)N1CCC(N2CCC[C@H](C(=O)NCCc3ccccc3)C2)CC1. The summed E-state index contributed by atoms with van der Waals surface area (Å²) in [7, 11) is 1.92. The second-order valence-corrected chi connectivity index (χ2v) is 8.89. The summed E-state index contributed by atoms with van der Waals surface area (Å²) in [5.41, 5.74) is 2.01. The largest absolute Gasteiger partial charge is 0.355 e. The molecule has 2 amide bonds. The van der Waals surface area contributed by atoms with Crippen LogP contribution in [-0.4, -0.2) is 64.9 Å². The van der Waals surface area contributed by atoms with E-state index in [0.717, 1.165) is 64.0 Å². The predicted molar refractivity (Wildman–Crippen MR) is 122 cm³/mol. The van der Waals surface area contributed by atoms with Gasteiger partial charge in [0.05, 0.1) is 5.92 Å². The first-order valence-corrected chi connectivity index (χ1v) is 11.6. The Hall–Kier alpha value is -2.60. The van der Waals surface area contributed by atoms with Crippen molar-refractivity contribution in [3.8, 4) is 0 Å². The standard InChI is InChI=1S/C25H34N4O2/c1-27-15-6-10-23(27)25(31)28-17-12-22(13-18-28)29-16-5-9-21(19-29)24(30)26-14-11-20-7-3-2-4-8-20/h2-4,6-8,10,15,21-22H,5,9,11-14,16-19H2,1H3,(H,26,30)/t21-/m0/s1. The van der Waals surface area contributed by atoms with Gasteiger partial charge in [0.25, 0.3) is 5.91 Å². The number of nitrogens with one attached hydrogen (secondary N) is 1. The van der Waals surface area contributed by atoms with E-state index in [2.05, 4.69) is 22.3 Å². The molecule has 1 aromatic carbocycles. The van der Waals surface area contributed by atoms with Gasteiger partial charge in [0.2, 0.25) is 5.91 Å². The van der Waals surface area contributed by atoms with Gasteiger partial charge >= 0.3 is 0 Å². The second-order valence-electron chi connectivity index (χ2n) is 8.89. The molecule has 2 aliphatic rings. The Morgan fingerprint density at radius 2 is 1.77 bits per heavy atom. The third kappa shape index (κ3) is 5.37. The molecule has 2 saturated heterocycles. The lowest BCUT2D eigenvalue weighted by atomic mass is 9.93. The molecular formula is C25H34N4O2.